The van der Waals surface area contributed by atoms with Crippen molar-refractivity contribution in [3.8, 4) is 0 Å². The minimum absolute atomic E-state index is 0.190. The first-order valence-electron chi connectivity index (χ1n) is 6.72. The third-order valence-electron chi connectivity index (χ3n) is 3.84. The standard InChI is InChI=1S/C14H16ClN3OS/c1-8(2)9-5-12(19)18(6-9)7-11-16-13(15)10-3-4-20-14(10)17-11/h3-4,8-9H,5-7H2,1-2H3. The molecule has 1 aliphatic rings. The largest absolute Gasteiger partial charge is 0.335 e. The van der Waals surface area contributed by atoms with Crippen LogP contribution in [0.2, 0.25) is 5.15 Å². The third kappa shape index (κ3) is 2.52. The van der Waals surface area contributed by atoms with Crippen LogP contribution in [-0.4, -0.2) is 27.3 Å². The number of hydrogen-bond acceptors (Lipinski definition) is 4. The summed E-state index contributed by atoms with van der Waals surface area (Å²) in [4.78, 5) is 23.6. The average molecular weight is 310 g/mol. The van der Waals surface area contributed by atoms with Crippen molar-refractivity contribution in [3.05, 3.63) is 22.4 Å². The van der Waals surface area contributed by atoms with Crippen LogP contribution in [0.3, 0.4) is 0 Å². The van der Waals surface area contributed by atoms with Gasteiger partial charge in [-0.25, -0.2) is 9.97 Å². The zero-order valence-electron chi connectivity index (χ0n) is 11.5. The summed E-state index contributed by atoms with van der Waals surface area (Å²) in [6, 6.07) is 1.92. The molecule has 3 rings (SSSR count). The Balaban J connectivity index is 1.81. The maximum Gasteiger partial charge on any atom is 0.223 e. The van der Waals surface area contributed by atoms with Crippen molar-refractivity contribution in [2.75, 3.05) is 6.54 Å². The van der Waals surface area contributed by atoms with E-state index in [1.54, 1.807) is 11.3 Å². The molecule has 0 radical (unpaired) electrons. The number of fused-ring (bicyclic) bond motifs is 1. The Hall–Kier alpha value is -1.20. The van der Waals surface area contributed by atoms with Gasteiger partial charge in [-0.05, 0) is 23.3 Å². The van der Waals surface area contributed by atoms with Gasteiger partial charge in [0.25, 0.3) is 0 Å². The van der Waals surface area contributed by atoms with Crippen molar-refractivity contribution >= 4 is 39.1 Å². The number of rotatable bonds is 3. The van der Waals surface area contributed by atoms with Crippen LogP contribution < -0.4 is 0 Å². The van der Waals surface area contributed by atoms with Crippen LogP contribution in [0, 0.1) is 11.8 Å². The van der Waals surface area contributed by atoms with Gasteiger partial charge in [0.2, 0.25) is 5.91 Å². The number of hydrogen-bond donors (Lipinski definition) is 0. The Morgan fingerprint density at radius 2 is 2.30 bits per heavy atom. The minimum Gasteiger partial charge on any atom is -0.335 e. The molecule has 3 heterocycles. The highest BCUT2D eigenvalue weighted by molar-refractivity contribution is 7.16. The maximum atomic E-state index is 12.0. The van der Waals surface area contributed by atoms with Gasteiger partial charge >= 0.3 is 0 Å². The van der Waals surface area contributed by atoms with E-state index >= 15 is 0 Å². The van der Waals surface area contributed by atoms with Crippen molar-refractivity contribution in [2.45, 2.75) is 26.8 Å². The van der Waals surface area contributed by atoms with Crippen molar-refractivity contribution in [3.63, 3.8) is 0 Å². The Kier molecular flexibility index (Phi) is 3.65. The van der Waals surface area contributed by atoms with Gasteiger partial charge in [0, 0.05) is 18.4 Å². The van der Waals surface area contributed by atoms with Gasteiger partial charge in [0.05, 0.1) is 6.54 Å². The van der Waals surface area contributed by atoms with Gasteiger partial charge in [0.1, 0.15) is 9.98 Å². The van der Waals surface area contributed by atoms with Crippen LogP contribution in [-0.2, 0) is 11.3 Å². The molecule has 0 N–H and O–H groups in total. The summed E-state index contributed by atoms with van der Waals surface area (Å²) in [5.41, 5.74) is 0. The molecule has 0 aromatic carbocycles. The molecule has 2 aromatic heterocycles. The number of carbonyl (C=O) groups excluding carboxylic acids is 1. The van der Waals surface area contributed by atoms with E-state index in [0.29, 0.717) is 35.8 Å². The zero-order chi connectivity index (χ0) is 14.3. The maximum absolute atomic E-state index is 12.0. The normalized spacial score (nSPS) is 19.5. The number of likely N-dealkylation sites (tertiary alicyclic amines) is 1. The number of thiophene rings is 1. The Morgan fingerprint density at radius 3 is 3.00 bits per heavy atom. The van der Waals surface area contributed by atoms with Crippen LogP contribution in [0.1, 0.15) is 26.1 Å². The molecule has 2 aromatic rings. The molecule has 1 aliphatic heterocycles. The average Bonchev–Trinajstić information content (AvgIpc) is 2.97. The topological polar surface area (TPSA) is 46.1 Å². The van der Waals surface area contributed by atoms with Crippen LogP contribution in [0.4, 0.5) is 0 Å². The van der Waals surface area contributed by atoms with Crippen molar-refractivity contribution in [1.29, 1.82) is 0 Å². The molecular formula is C14H16ClN3OS. The van der Waals surface area contributed by atoms with Crippen molar-refractivity contribution in [2.24, 2.45) is 11.8 Å². The van der Waals surface area contributed by atoms with E-state index in [4.69, 9.17) is 11.6 Å². The lowest BCUT2D eigenvalue weighted by atomic mass is 9.95. The molecule has 1 fully saturated rings. The fourth-order valence-corrected chi connectivity index (χ4v) is 3.59. The monoisotopic (exact) mass is 309 g/mol. The van der Waals surface area contributed by atoms with E-state index in [-0.39, 0.29) is 5.91 Å². The molecule has 4 nitrogen and oxygen atoms in total. The summed E-state index contributed by atoms with van der Waals surface area (Å²) in [6.07, 6.45) is 0.632. The number of carbonyl (C=O) groups is 1. The number of halogens is 1. The summed E-state index contributed by atoms with van der Waals surface area (Å²) < 4.78 is 0. The second-order valence-electron chi connectivity index (χ2n) is 5.55. The lowest BCUT2D eigenvalue weighted by molar-refractivity contribution is -0.128. The first-order valence-corrected chi connectivity index (χ1v) is 7.97. The Morgan fingerprint density at radius 1 is 1.50 bits per heavy atom. The first-order chi connectivity index (χ1) is 9.54. The number of nitrogens with zero attached hydrogens (tertiary/aromatic N) is 3. The molecule has 0 aliphatic carbocycles. The molecule has 1 amide bonds. The molecular weight excluding hydrogens is 294 g/mol. The smallest absolute Gasteiger partial charge is 0.223 e. The van der Waals surface area contributed by atoms with E-state index in [1.807, 2.05) is 16.3 Å². The SMILES string of the molecule is CC(C)C1CC(=O)N(Cc2nc(Cl)c3ccsc3n2)C1. The van der Waals surface area contributed by atoms with E-state index in [0.717, 1.165) is 16.8 Å². The van der Waals surface area contributed by atoms with Crippen LogP contribution in [0.15, 0.2) is 11.4 Å². The van der Waals surface area contributed by atoms with Gasteiger partial charge < -0.3 is 4.90 Å². The molecule has 0 spiro atoms. The molecule has 1 unspecified atom stereocenters. The fourth-order valence-electron chi connectivity index (χ4n) is 2.50. The summed E-state index contributed by atoms with van der Waals surface area (Å²) in [5, 5.41) is 3.30. The molecule has 1 saturated heterocycles. The third-order valence-corrected chi connectivity index (χ3v) is 4.94. The predicted octanol–water partition coefficient (Wildman–Crippen LogP) is 3.35. The van der Waals surface area contributed by atoms with Crippen LogP contribution in [0.5, 0.6) is 0 Å². The van der Waals surface area contributed by atoms with Crippen LogP contribution >= 0.6 is 22.9 Å². The lowest BCUT2D eigenvalue weighted by Crippen LogP contribution is -2.26. The highest BCUT2D eigenvalue weighted by Crippen LogP contribution is 2.28. The summed E-state index contributed by atoms with van der Waals surface area (Å²) in [7, 11) is 0. The van der Waals surface area contributed by atoms with E-state index < -0.39 is 0 Å². The molecule has 0 bridgehead atoms. The molecule has 6 heteroatoms. The zero-order valence-corrected chi connectivity index (χ0v) is 13.0. The highest BCUT2D eigenvalue weighted by atomic mass is 35.5. The van der Waals surface area contributed by atoms with Crippen molar-refractivity contribution in [1.82, 2.24) is 14.9 Å². The quantitative estimate of drug-likeness (QED) is 0.817. The molecule has 0 saturated carbocycles. The molecule has 106 valence electrons. The van der Waals surface area contributed by atoms with Gasteiger partial charge in [-0.15, -0.1) is 11.3 Å². The molecule has 1 atom stereocenters. The Labute approximate surface area is 126 Å². The second-order valence-corrected chi connectivity index (χ2v) is 6.81. The van der Waals surface area contributed by atoms with Crippen molar-refractivity contribution < 1.29 is 4.79 Å². The molecule has 20 heavy (non-hydrogen) atoms. The van der Waals surface area contributed by atoms with Gasteiger partial charge in [-0.1, -0.05) is 25.4 Å². The Bertz CT molecular complexity index is 655. The second kappa shape index (κ2) is 5.30. The summed E-state index contributed by atoms with van der Waals surface area (Å²) in [5.74, 6) is 1.77. The summed E-state index contributed by atoms with van der Waals surface area (Å²) >= 11 is 7.70. The minimum atomic E-state index is 0.190. The highest BCUT2D eigenvalue weighted by Gasteiger charge is 2.31. The lowest BCUT2D eigenvalue weighted by Gasteiger charge is -2.17. The van der Waals surface area contributed by atoms with Gasteiger partial charge in [0.15, 0.2) is 5.82 Å². The van der Waals surface area contributed by atoms with Gasteiger partial charge in [-0.2, -0.15) is 0 Å². The van der Waals surface area contributed by atoms with E-state index in [1.165, 1.54) is 0 Å². The predicted molar refractivity (Wildman–Crippen MR) is 80.8 cm³/mol. The van der Waals surface area contributed by atoms with E-state index in [9.17, 15) is 4.79 Å². The van der Waals surface area contributed by atoms with Gasteiger partial charge in [-0.3, -0.25) is 4.79 Å². The van der Waals surface area contributed by atoms with Crippen LogP contribution in [0.25, 0.3) is 10.2 Å². The number of amides is 1. The number of aromatic nitrogens is 2. The van der Waals surface area contributed by atoms with E-state index in [2.05, 4.69) is 23.8 Å². The fraction of sp³-hybridized carbons (Fsp3) is 0.500. The summed E-state index contributed by atoms with van der Waals surface area (Å²) in [6.45, 7) is 5.56. The first kappa shape index (κ1) is 13.8.